The van der Waals surface area contributed by atoms with E-state index in [0.29, 0.717) is 0 Å². The predicted octanol–water partition coefficient (Wildman–Crippen LogP) is 4.69. The van der Waals surface area contributed by atoms with Crippen molar-refractivity contribution in [2.75, 3.05) is 0 Å². The molecule has 1 atom stereocenters. The van der Waals surface area contributed by atoms with E-state index in [4.69, 9.17) is 0 Å². The van der Waals surface area contributed by atoms with Gasteiger partial charge in [-0.25, -0.2) is 0 Å². The Morgan fingerprint density at radius 3 is 2.67 bits per heavy atom. The Labute approximate surface area is 93.0 Å². The molecule has 0 aliphatic heterocycles. The first kappa shape index (κ1) is 10.5. The molecule has 0 fully saturated rings. The maximum absolute atomic E-state index is 2.35. The van der Waals surface area contributed by atoms with Crippen molar-refractivity contribution in [3.8, 4) is 0 Å². The summed E-state index contributed by atoms with van der Waals surface area (Å²) in [5.41, 5.74) is 7.49. The highest BCUT2D eigenvalue weighted by Crippen LogP contribution is 2.39. The summed E-state index contributed by atoms with van der Waals surface area (Å²) in [5.74, 6) is 0.726. The van der Waals surface area contributed by atoms with Crippen LogP contribution in [-0.2, 0) is 0 Å². The molecule has 0 amide bonds. The molecule has 2 rings (SSSR count). The van der Waals surface area contributed by atoms with Gasteiger partial charge < -0.3 is 0 Å². The molecule has 0 N–H and O–H groups in total. The lowest BCUT2D eigenvalue weighted by Gasteiger charge is -2.26. The quantitative estimate of drug-likeness (QED) is 0.570. The van der Waals surface area contributed by atoms with Crippen molar-refractivity contribution < 1.29 is 0 Å². The van der Waals surface area contributed by atoms with E-state index in [1.54, 1.807) is 11.1 Å². The van der Waals surface area contributed by atoms with Gasteiger partial charge >= 0.3 is 0 Å². The third-order valence-electron chi connectivity index (χ3n) is 3.50. The number of rotatable bonds is 0. The van der Waals surface area contributed by atoms with Crippen LogP contribution in [0.2, 0.25) is 0 Å². The highest BCUT2D eigenvalue weighted by atomic mass is 14.2. The maximum atomic E-state index is 2.35. The number of hydrogen-bond donors (Lipinski definition) is 0. The summed E-state index contributed by atoms with van der Waals surface area (Å²) in [6.07, 6.45) is 2.55. The van der Waals surface area contributed by atoms with Gasteiger partial charge in [0.2, 0.25) is 0 Å². The second-order valence-electron chi connectivity index (χ2n) is 5.01. The molecule has 1 aliphatic rings. The summed E-state index contributed by atoms with van der Waals surface area (Å²) < 4.78 is 0. The van der Waals surface area contributed by atoms with Crippen molar-refractivity contribution in [3.63, 3.8) is 0 Å². The third kappa shape index (κ3) is 1.86. The normalized spacial score (nSPS) is 20.0. The number of benzene rings is 1. The molecule has 0 saturated heterocycles. The fraction of sp³-hybridized carbons (Fsp3) is 0.467. The van der Waals surface area contributed by atoms with Crippen LogP contribution in [0.4, 0.5) is 0 Å². The second kappa shape index (κ2) is 3.84. The Morgan fingerprint density at radius 1 is 1.27 bits per heavy atom. The molecule has 0 saturated carbocycles. The third-order valence-corrected chi connectivity index (χ3v) is 3.50. The Morgan fingerprint density at radius 2 is 2.00 bits per heavy atom. The first-order valence-electron chi connectivity index (χ1n) is 5.87. The minimum Gasteiger partial charge on any atom is -0.0726 e. The SMILES string of the molecule is CC(C)=C1CCC(C)c2ccc(C)cc21. The topological polar surface area (TPSA) is 0 Å². The number of fused-ring (bicyclic) bond motifs is 1. The van der Waals surface area contributed by atoms with E-state index in [0.717, 1.165) is 5.92 Å². The Balaban J connectivity index is 2.62. The van der Waals surface area contributed by atoms with Crippen LogP contribution in [0.5, 0.6) is 0 Å². The van der Waals surface area contributed by atoms with Crippen molar-refractivity contribution in [1.29, 1.82) is 0 Å². The number of allylic oxidation sites excluding steroid dienone is 2. The van der Waals surface area contributed by atoms with Gasteiger partial charge in [0.25, 0.3) is 0 Å². The standard InChI is InChI=1S/C15H20/c1-10(2)13-8-6-12(4)14-7-5-11(3)9-15(13)14/h5,7,9,12H,6,8H2,1-4H3. The molecule has 80 valence electrons. The summed E-state index contributed by atoms with van der Waals surface area (Å²) in [6, 6.07) is 6.91. The van der Waals surface area contributed by atoms with Crippen LogP contribution < -0.4 is 0 Å². The lowest BCUT2D eigenvalue weighted by atomic mass is 9.79. The average Bonchev–Trinajstić information content (AvgIpc) is 2.17. The molecule has 1 aliphatic carbocycles. The first-order valence-corrected chi connectivity index (χ1v) is 5.87. The minimum atomic E-state index is 0.726. The lowest BCUT2D eigenvalue weighted by Crippen LogP contribution is -2.07. The van der Waals surface area contributed by atoms with E-state index < -0.39 is 0 Å². The fourth-order valence-electron chi connectivity index (χ4n) is 2.53. The van der Waals surface area contributed by atoms with Crippen molar-refractivity contribution >= 4 is 5.57 Å². The second-order valence-corrected chi connectivity index (χ2v) is 5.01. The van der Waals surface area contributed by atoms with Gasteiger partial charge in [-0.1, -0.05) is 36.3 Å². The van der Waals surface area contributed by atoms with Gasteiger partial charge in [-0.15, -0.1) is 0 Å². The van der Waals surface area contributed by atoms with E-state index in [9.17, 15) is 0 Å². The maximum Gasteiger partial charge on any atom is -0.0181 e. The zero-order chi connectivity index (χ0) is 11.0. The smallest absolute Gasteiger partial charge is 0.0181 e. The van der Waals surface area contributed by atoms with Crippen LogP contribution >= 0.6 is 0 Å². The molecule has 15 heavy (non-hydrogen) atoms. The van der Waals surface area contributed by atoms with E-state index in [1.165, 1.54) is 29.5 Å². The average molecular weight is 200 g/mol. The molecule has 0 heterocycles. The number of hydrogen-bond acceptors (Lipinski definition) is 0. The zero-order valence-corrected chi connectivity index (χ0v) is 10.2. The van der Waals surface area contributed by atoms with E-state index in [1.807, 2.05) is 0 Å². The van der Waals surface area contributed by atoms with Gasteiger partial charge in [-0.2, -0.15) is 0 Å². The van der Waals surface area contributed by atoms with Crippen LogP contribution in [0.3, 0.4) is 0 Å². The Bertz CT molecular complexity index is 406. The summed E-state index contributed by atoms with van der Waals surface area (Å²) in [4.78, 5) is 0. The largest absolute Gasteiger partial charge is 0.0726 e. The summed E-state index contributed by atoms with van der Waals surface area (Å²) in [6.45, 7) is 8.99. The van der Waals surface area contributed by atoms with Gasteiger partial charge in [0.05, 0.1) is 0 Å². The molecule has 0 aromatic heterocycles. The first-order chi connectivity index (χ1) is 7.09. The monoisotopic (exact) mass is 200 g/mol. The van der Waals surface area contributed by atoms with Crippen LogP contribution in [-0.4, -0.2) is 0 Å². The van der Waals surface area contributed by atoms with E-state index in [-0.39, 0.29) is 0 Å². The molecule has 1 aromatic carbocycles. The summed E-state index contributed by atoms with van der Waals surface area (Å²) >= 11 is 0. The van der Waals surface area contributed by atoms with Crippen LogP contribution in [0.15, 0.2) is 23.8 Å². The molecular formula is C15H20. The Hall–Kier alpha value is -1.04. The van der Waals surface area contributed by atoms with E-state index >= 15 is 0 Å². The van der Waals surface area contributed by atoms with Crippen molar-refractivity contribution in [3.05, 3.63) is 40.5 Å². The Kier molecular flexibility index (Phi) is 2.68. The molecule has 0 spiro atoms. The van der Waals surface area contributed by atoms with Gasteiger partial charge in [0.15, 0.2) is 0 Å². The predicted molar refractivity (Wildman–Crippen MR) is 67.1 cm³/mol. The van der Waals surface area contributed by atoms with Gasteiger partial charge in [-0.05, 0) is 56.2 Å². The fourth-order valence-corrected chi connectivity index (χ4v) is 2.53. The van der Waals surface area contributed by atoms with Gasteiger partial charge in [0, 0.05) is 0 Å². The van der Waals surface area contributed by atoms with E-state index in [2.05, 4.69) is 45.9 Å². The van der Waals surface area contributed by atoms with Crippen molar-refractivity contribution in [2.45, 2.75) is 46.5 Å². The minimum absolute atomic E-state index is 0.726. The summed E-state index contributed by atoms with van der Waals surface area (Å²) in [7, 11) is 0. The van der Waals surface area contributed by atoms with Crippen LogP contribution in [0.1, 0.15) is 56.2 Å². The number of aryl methyl sites for hydroxylation is 1. The molecular weight excluding hydrogens is 180 g/mol. The summed E-state index contributed by atoms with van der Waals surface area (Å²) in [5, 5.41) is 0. The van der Waals surface area contributed by atoms with Crippen molar-refractivity contribution in [1.82, 2.24) is 0 Å². The molecule has 1 unspecified atom stereocenters. The molecule has 0 bridgehead atoms. The zero-order valence-electron chi connectivity index (χ0n) is 10.2. The molecule has 0 heteroatoms. The van der Waals surface area contributed by atoms with Crippen LogP contribution in [0.25, 0.3) is 5.57 Å². The van der Waals surface area contributed by atoms with Gasteiger partial charge in [0.1, 0.15) is 0 Å². The highest BCUT2D eigenvalue weighted by Gasteiger charge is 2.20. The van der Waals surface area contributed by atoms with Crippen molar-refractivity contribution in [2.24, 2.45) is 0 Å². The van der Waals surface area contributed by atoms with Crippen LogP contribution in [0, 0.1) is 6.92 Å². The lowest BCUT2D eigenvalue weighted by molar-refractivity contribution is 0.672. The molecule has 0 nitrogen and oxygen atoms in total. The highest BCUT2D eigenvalue weighted by molar-refractivity contribution is 5.73. The molecule has 1 aromatic rings. The molecule has 0 radical (unpaired) electrons. The van der Waals surface area contributed by atoms with Gasteiger partial charge in [-0.3, -0.25) is 0 Å².